The van der Waals surface area contributed by atoms with Crippen LogP contribution in [0, 0.1) is 5.92 Å². The topological polar surface area (TPSA) is 35.5 Å². The van der Waals surface area contributed by atoms with Gasteiger partial charge >= 0.3 is 0 Å². The molecule has 0 amide bonds. The molecule has 0 spiro atoms. The van der Waals surface area contributed by atoms with Crippen LogP contribution in [0.3, 0.4) is 0 Å². The second-order valence-electron chi connectivity index (χ2n) is 4.69. The van der Waals surface area contributed by atoms with Crippen LogP contribution in [0.2, 0.25) is 0 Å². The van der Waals surface area contributed by atoms with E-state index in [0.29, 0.717) is 12.6 Å². The first-order valence-corrected chi connectivity index (χ1v) is 5.96. The number of aliphatic hydroxyl groups excluding tert-OH is 1. The SMILES string of the molecule is OC[C@@H]1CCCN1CC1CCCNC1. The largest absolute Gasteiger partial charge is 0.395 e. The lowest BCUT2D eigenvalue weighted by molar-refractivity contribution is 0.135. The molecule has 82 valence electrons. The van der Waals surface area contributed by atoms with Crippen molar-refractivity contribution in [2.75, 3.05) is 32.8 Å². The molecule has 0 saturated carbocycles. The lowest BCUT2D eigenvalue weighted by Crippen LogP contribution is -2.41. The Labute approximate surface area is 86.5 Å². The normalized spacial score (nSPS) is 34.9. The molecule has 2 rings (SSSR count). The van der Waals surface area contributed by atoms with Gasteiger partial charge in [-0.1, -0.05) is 0 Å². The summed E-state index contributed by atoms with van der Waals surface area (Å²) in [4.78, 5) is 2.48. The minimum Gasteiger partial charge on any atom is -0.395 e. The average molecular weight is 198 g/mol. The Morgan fingerprint density at radius 1 is 1.29 bits per heavy atom. The number of nitrogens with one attached hydrogen (secondary N) is 1. The molecule has 2 fully saturated rings. The summed E-state index contributed by atoms with van der Waals surface area (Å²) in [7, 11) is 0. The van der Waals surface area contributed by atoms with Crippen molar-refractivity contribution in [3.8, 4) is 0 Å². The third kappa shape index (κ3) is 2.47. The first kappa shape index (κ1) is 10.4. The molecule has 2 saturated heterocycles. The number of rotatable bonds is 3. The van der Waals surface area contributed by atoms with Gasteiger partial charge in [-0.25, -0.2) is 0 Å². The standard InChI is InChI=1S/C11H22N2O/c14-9-11-4-2-6-13(11)8-10-3-1-5-12-7-10/h10-12,14H,1-9H2/t10?,11-/m0/s1. The molecule has 0 aliphatic carbocycles. The first-order chi connectivity index (χ1) is 6.90. The third-order valence-corrected chi connectivity index (χ3v) is 3.60. The molecule has 2 N–H and O–H groups in total. The van der Waals surface area contributed by atoms with Crippen molar-refractivity contribution in [1.29, 1.82) is 0 Å². The minimum atomic E-state index is 0.347. The van der Waals surface area contributed by atoms with Crippen molar-refractivity contribution >= 4 is 0 Å². The Morgan fingerprint density at radius 2 is 2.21 bits per heavy atom. The van der Waals surface area contributed by atoms with Crippen LogP contribution in [0.15, 0.2) is 0 Å². The zero-order valence-electron chi connectivity index (χ0n) is 8.91. The molecule has 0 bridgehead atoms. The van der Waals surface area contributed by atoms with Crippen LogP contribution in [-0.4, -0.2) is 48.8 Å². The van der Waals surface area contributed by atoms with E-state index >= 15 is 0 Å². The molecule has 3 nitrogen and oxygen atoms in total. The van der Waals surface area contributed by atoms with Gasteiger partial charge in [0.15, 0.2) is 0 Å². The highest BCUT2D eigenvalue weighted by atomic mass is 16.3. The second kappa shape index (κ2) is 5.10. The lowest BCUT2D eigenvalue weighted by atomic mass is 9.99. The van der Waals surface area contributed by atoms with Crippen LogP contribution >= 0.6 is 0 Å². The first-order valence-electron chi connectivity index (χ1n) is 5.96. The summed E-state index contributed by atoms with van der Waals surface area (Å²) >= 11 is 0. The van der Waals surface area contributed by atoms with Crippen molar-refractivity contribution < 1.29 is 5.11 Å². The lowest BCUT2D eigenvalue weighted by Gasteiger charge is -2.30. The molecular weight excluding hydrogens is 176 g/mol. The highest BCUT2D eigenvalue weighted by Crippen LogP contribution is 2.20. The molecule has 2 heterocycles. The van der Waals surface area contributed by atoms with E-state index in [4.69, 9.17) is 0 Å². The Kier molecular flexibility index (Phi) is 3.79. The highest BCUT2D eigenvalue weighted by molar-refractivity contribution is 4.82. The maximum Gasteiger partial charge on any atom is 0.0586 e. The fourth-order valence-corrected chi connectivity index (χ4v) is 2.75. The molecule has 1 unspecified atom stereocenters. The molecular formula is C11H22N2O. The summed E-state index contributed by atoms with van der Waals surface area (Å²) in [6, 6.07) is 0.455. The summed E-state index contributed by atoms with van der Waals surface area (Å²) in [6.07, 6.45) is 5.14. The maximum atomic E-state index is 9.21. The zero-order chi connectivity index (χ0) is 9.80. The van der Waals surface area contributed by atoms with Gasteiger partial charge in [0, 0.05) is 12.6 Å². The Balaban J connectivity index is 1.77. The van der Waals surface area contributed by atoms with Crippen LogP contribution in [0.4, 0.5) is 0 Å². The smallest absolute Gasteiger partial charge is 0.0586 e. The molecule has 0 aromatic carbocycles. The van der Waals surface area contributed by atoms with Crippen LogP contribution in [-0.2, 0) is 0 Å². The number of likely N-dealkylation sites (tertiary alicyclic amines) is 1. The summed E-state index contributed by atoms with van der Waals surface area (Å²) < 4.78 is 0. The van der Waals surface area contributed by atoms with E-state index in [0.717, 1.165) is 5.92 Å². The van der Waals surface area contributed by atoms with Crippen molar-refractivity contribution in [1.82, 2.24) is 10.2 Å². The van der Waals surface area contributed by atoms with E-state index in [2.05, 4.69) is 10.2 Å². The van der Waals surface area contributed by atoms with Gasteiger partial charge in [0.2, 0.25) is 0 Å². The van der Waals surface area contributed by atoms with E-state index in [-0.39, 0.29) is 0 Å². The van der Waals surface area contributed by atoms with Crippen LogP contribution in [0.1, 0.15) is 25.7 Å². The van der Waals surface area contributed by atoms with Crippen molar-refractivity contribution in [3.05, 3.63) is 0 Å². The van der Waals surface area contributed by atoms with Crippen LogP contribution in [0.5, 0.6) is 0 Å². The van der Waals surface area contributed by atoms with Gasteiger partial charge in [-0.15, -0.1) is 0 Å². The predicted octanol–water partition coefficient (Wildman–Crippen LogP) is 0.443. The van der Waals surface area contributed by atoms with Gasteiger partial charge in [-0.05, 0) is 51.2 Å². The summed E-state index contributed by atoms with van der Waals surface area (Å²) in [5, 5.41) is 12.7. The molecule has 0 aromatic heterocycles. The summed E-state index contributed by atoms with van der Waals surface area (Å²) in [6.45, 7) is 5.11. The number of piperidine rings is 1. The van der Waals surface area contributed by atoms with Gasteiger partial charge in [-0.3, -0.25) is 4.90 Å². The van der Waals surface area contributed by atoms with E-state index in [9.17, 15) is 5.11 Å². The number of hydrogen-bond donors (Lipinski definition) is 2. The van der Waals surface area contributed by atoms with E-state index in [1.807, 2.05) is 0 Å². The monoisotopic (exact) mass is 198 g/mol. The van der Waals surface area contributed by atoms with E-state index < -0.39 is 0 Å². The van der Waals surface area contributed by atoms with Gasteiger partial charge in [0.1, 0.15) is 0 Å². The maximum absolute atomic E-state index is 9.21. The van der Waals surface area contributed by atoms with Gasteiger partial charge in [-0.2, -0.15) is 0 Å². The fourth-order valence-electron chi connectivity index (χ4n) is 2.75. The number of aliphatic hydroxyl groups is 1. The summed E-state index contributed by atoms with van der Waals surface area (Å²) in [5.74, 6) is 0.816. The van der Waals surface area contributed by atoms with E-state index in [1.54, 1.807) is 0 Å². The number of nitrogens with zero attached hydrogens (tertiary/aromatic N) is 1. The highest BCUT2D eigenvalue weighted by Gasteiger charge is 2.26. The molecule has 3 heteroatoms. The minimum absolute atomic E-state index is 0.347. The molecule has 2 atom stereocenters. The molecule has 14 heavy (non-hydrogen) atoms. The quantitative estimate of drug-likeness (QED) is 0.691. The Hall–Kier alpha value is -0.120. The Morgan fingerprint density at radius 3 is 2.93 bits per heavy atom. The Bertz CT molecular complexity index is 169. The molecule has 2 aliphatic heterocycles. The van der Waals surface area contributed by atoms with E-state index in [1.165, 1.54) is 51.9 Å². The van der Waals surface area contributed by atoms with Gasteiger partial charge in [0.05, 0.1) is 6.61 Å². The third-order valence-electron chi connectivity index (χ3n) is 3.60. The van der Waals surface area contributed by atoms with Gasteiger partial charge in [0.25, 0.3) is 0 Å². The molecule has 2 aliphatic rings. The fraction of sp³-hybridized carbons (Fsp3) is 1.00. The summed E-state index contributed by atoms with van der Waals surface area (Å²) in [5.41, 5.74) is 0. The average Bonchev–Trinajstić information content (AvgIpc) is 2.67. The second-order valence-corrected chi connectivity index (χ2v) is 4.69. The van der Waals surface area contributed by atoms with Crippen molar-refractivity contribution in [2.45, 2.75) is 31.7 Å². The van der Waals surface area contributed by atoms with Crippen molar-refractivity contribution in [3.63, 3.8) is 0 Å². The number of hydrogen-bond acceptors (Lipinski definition) is 3. The zero-order valence-corrected chi connectivity index (χ0v) is 8.91. The van der Waals surface area contributed by atoms with Crippen molar-refractivity contribution in [2.24, 2.45) is 5.92 Å². The molecule has 0 radical (unpaired) electrons. The predicted molar refractivity (Wildman–Crippen MR) is 57.3 cm³/mol. The van der Waals surface area contributed by atoms with Crippen LogP contribution in [0.25, 0.3) is 0 Å². The van der Waals surface area contributed by atoms with Gasteiger partial charge < -0.3 is 10.4 Å². The van der Waals surface area contributed by atoms with Crippen LogP contribution < -0.4 is 5.32 Å². The molecule has 0 aromatic rings.